The first kappa shape index (κ1) is 18.0. The van der Waals surface area contributed by atoms with Crippen molar-refractivity contribution in [3.63, 3.8) is 0 Å². The molecule has 0 aromatic carbocycles. The Morgan fingerprint density at radius 3 is 1.50 bits per heavy atom. The first-order valence-corrected chi connectivity index (χ1v) is 4.60. The summed E-state index contributed by atoms with van der Waals surface area (Å²) in [6.07, 6.45) is 1.75. The predicted molar refractivity (Wildman–Crippen MR) is 62.7 cm³/mol. The third-order valence-corrected chi connectivity index (χ3v) is 1.10. The summed E-state index contributed by atoms with van der Waals surface area (Å²) in [6, 6.07) is 6.51. The van der Waals surface area contributed by atoms with Crippen molar-refractivity contribution in [2.45, 2.75) is 6.92 Å². The van der Waals surface area contributed by atoms with E-state index in [1.807, 2.05) is 29.8 Å². The summed E-state index contributed by atoms with van der Waals surface area (Å²) in [5.41, 5.74) is 0. The summed E-state index contributed by atoms with van der Waals surface area (Å²) in [6.45, 7) is 11.2. The van der Waals surface area contributed by atoms with Gasteiger partial charge in [-0.3, -0.25) is 0 Å². The second-order valence-electron chi connectivity index (χ2n) is 1.43. The number of allylic oxidation sites excluding steroid dienone is 1. The molecular weight excluding hydrogens is 192 g/mol. The lowest BCUT2D eigenvalue weighted by Gasteiger charge is -1.39. The van der Waals surface area contributed by atoms with Crippen LogP contribution in [0, 0.1) is 22.7 Å². The maximum Gasteiger partial charge on any atom is 0.181 e. The molecule has 74 valence electrons. The van der Waals surface area contributed by atoms with Gasteiger partial charge in [0.1, 0.15) is 0 Å². The van der Waals surface area contributed by atoms with Gasteiger partial charge in [0, 0.05) is 0 Å². The maximum atomic E-state index is 7.26. The molecule has 0 aliphatic heterocycles. The van der Waals surface area contributed by atoms with E-state index >= 15 is 0 Å². The minimum Gasteiger partial charge on any atom is -0.181 e. The van der Waals surface area contributed by atoms with E-state index in [0.29, 0.717) is 0 Å². The Hall–Kier alpha value is -1.84. The van der Waals surface area contributed by atoms with Crippen LogP contribution in [0.4, 0.5) is 0 Å². The molecule has 0 unspecified atom stereocenters. The van der Waals surface area contributed by atoms with E-state index in [2.05, 4.69) is 19.7 Å². The third kappa shape index (κ3) is 49.3. The molecule has 1 rings (SSSR count). The van der Waals surface area contributed by atoms with E-state index in [4.69, 9.17) is 10.5 Å². The highest BCUT2D eigenvalue weighted by Gasteiger charge is 1.58. The fraction of sp³-hybridized carbons (Fsp3) is 0.0909. The third-order valence-electron chi connectivity index (χ3n) is 0.475. The van der Waals surface area contributed by atoms with Crippen molar-refractivity contribution >= 4 is 11.3 Å². The Labute approximate surface area is 90.0 Å². The van der Waals surface area contributed by atoms with Gasteiger partial charge >= 0.3 is 0 Å². The minimum absolute atomic E-state index is 1.24. The van der Waals surface area contributed by atoms with Crippen molar-refractivity contribution < 1.29 is 0 Å². The van der Waals surface area contributed by atoms with Crippen LogP contribution in [0.3, 0.4) is 0 Å². The second kappa shape index (κ2) is 30.4. The predicted octanol–water partition coefficient (Wildman–Crippen LogP) is 3.78. The van der Waals surface area contributed by atoms with Crippen LogP contribution in [-0.2, 0) is 0 Å². The van der Waals surface area contributed by atoms with Crippen molar-refractivity contribution in [1.82, 2.24) is 0 Å². The minimum atomic E-state index is 1.24. The zero-order chi connectivity index (χ0) is 11.7. The molecule has 0 bridgehead atoms. The molecule has 0 aliphatic carbocycles. The monoisotopic (exact) mass is 206 g/mol. The highest BCUT2D eigenvalue weighted by atomic mass is 32.1. The Kier molecular flexibility index (Phi) is 39.1. The van der Waals surface area contributed by atoms with Gasteiger partial charge in [0.05, 0.1) is 0 Å². The number of hydrogen-bond donors (Lipinski definition) is 0. The van der Waals surface area contributed by atoms with Crippen molar-refractivity contribution in [2.24, 2.45) is 0 Å². The number of rotatable bonds is 0. The standard InChI is InChI=1S/C4H4S.C3H6.C2N2.C2H4/c1-2-4-5-3-1;1-3-2;3-1-2-4;1-2/h1-4H;3H,1H2,2H3;;1-2H2. The quantitative estimate of drug-likeness (QED) is 0.606. The molecular formula is C11H14N2S. The van der Waals surface area contributed by atoms with Gasteiger partial charge in [0.25, 0.3) is 0 Å². The number of hydrogen-bond acceptors (Lipinski definition) is 3. The van der Waals surface area contributed by atoms with E-state index in [1.165, 1.54) is 12.1 Å². The Balaban J connectivity index is -0.000000123. The summed E-state index contributed by atoms with van der Waals surface area (Å²) in [4.78, 5) is 0. The van der Waals surface area contributed by atoms with Crippen LogP contribution in [-0.4, -0.2) is 0 Å². The summed E-state index contributed by atoms with van der Waals surface area (Å²) >= 11 is 1.71. The summed E-state index contributed by atoms with van der Waals surface area (Å²) in [7, 11) is 0. The maximum absolute atomic E-state index is 7.26. The average Bonchev–Trinajstić information content (AvgIpc) is 2.80. The molecule has 0 N–H and O–H groups in total. The highest BCUT2D eigenvalue weighted by molar-refractivity contribution is 7.07. The molecule has 0 saturated heterocycles. The van der Waals surface area contributed by atoms with Crippen LogP contribution in [0.5, 0.6) is 0 Å². The summed E-state index contributed by atoms with van der Waals surface area (Å²) < 4.78 is 0. The summed E-state index contributed by atoms with van der Waals surface area (Å²) in [5, 5.41) is 18.6. The van der Waals surface area contributed by atoms with Crippen molar-refractivity contribution in [2.75, 3.05) is 0 Å². The average molecular weight is 206 g/mol. The van der Waals surface area contributed by atoms with Gasteiger partial charge in [0.15, 0.2) is 12.1 Å². The molecule has 0 atom stereocenters. The van der Waals surface area contributed by atoms with Crippen LogP contribution in [0.2, 0.25) is 0 Å². The fourth-order valence-electron chi connectivity index (χ4n) is 0.227. The molecule has 0 spiro atoms. The molecule has 1 heterocycles. The number of nitrogens with zero attached hydrogens (tertiary/aromatic N) is 2. The topological polar surface area (TPSA) is 47.6 Å². The zero-order valence-corrected chi connectivity index (χ0v) is 9.13. The molecule has 1 aromatic heterocycles. The lowest BCUT2D eigenvalue weighted by atomic mass is 10.7. The molecule has 2 nitrogen and oxygen atoms in total. The molecule has 0 amide bonds. The largest absolute Gasteiger partial charge is 0.181 e. The van der Waals surface area contributed by atoms with Crippen molar-refractivity contribution in [3.8, 4) is 12.1 Å². The molecule has 0 radical (unpaired) electrons. The van der Waals surface area contributed by atoms with Gasteiger partial charge < -0.3 is 0 Å². The lowest BCUT2D eigenvalue weighted by molar-refractivity contribution is 1.49. The van der Waals surface area contributed by atoms with E-state index < -0.39 is 0 Å². The first-order valence-electron chi connectivity index (χ1n) is 3.65. The Morgan fingerprint density at radius 1 is 1.14 bits per heavy atom. The van der Waals surface area contributed by atoms with Crippen LogP contribution in [0.25, 0.3) is 0 Å². The van der Waals surface area contributed by atoms with Crippen molar-refractivity contribution in [3.05, 3.63) is 48.7 Å². The van der Waals surface area contributed by atoms with Crippen molar-refractivity contribution in [1.29, 1.82) is 10.5 Å². The highest BCUT2D eigenvalue weighted by Crippen LogP contribution is 1.91. The Bertz CT molecular complexity index is 223. The van der Waals surface area contributed by atoms with Crippen LogP contribution in [0.15, 0.2) is 48.7 Å². The smallest absolute Gasteiger partial charge is 0.181 e. The van der Waals surface area contributed by atoms with E-state index in [-0.39, 0.29) is 0 Å². The van der Waals surface area contributed by atoms with Gasteiger partial charge in [-0.2, -0.15) is 21.9 Å². The van der Waals surface area contributed by atoms with Crippen LogP contribution in [0.1, 0.15) is 6.92 Å². The van der Waals surface area contributed by atoms with Gasteiger partial charge in [-0.15, -0.1) is 19.7 Å². The number of nitriles is 2. The van der Waals surface area contributed by atoms with Gasteiger partial charge in [-0.1, -0.05) is 18.2 Å². The SMILES string of the molecule is C=C.C=CC.N#CC#N.c1ccsc1. The molecule has 14 heavy (non-hydrogen) atoms. The lowest BCUT2D eigenvalue weighted by Crippen LogP contribution is -1.26. The molecule has 0 aliphatic rings. The molecule has 1 aromatic rings. The number of thiophene rings is 1. The van der Waals surface area contributed by atoms with E-state index in [1.54, 1.807) is 17.4 Å². The van der Waals surface area contributed by atoms with Crippen LogP contribution >= 0.6 is 11.3 Å². The molecule has 3 heteroatoms. The van der Waals surface area contributed by atoms with Crippen LogP contribution < -0.4 is 0 Å². The van der Waals surface area contributed by atoms with E-state index in [0.717, 1.165) is 0 Å². The first-order chi connectivity index (χ1) is 6.83. The zero-order valence-electron chi connectivity index (χ0n) is 8.31. The molecule has 0 fully saturated rings. The van der Waals surface area contributed by atoms with Gasteiger partial charge in [-0.25, -0.2) is 0 Å². The molecule has 0 saturated carbocycles. The van der Waals surface area contributed by atoms with E-state index in [9.17, 15) is 0 Å². The normalized spacial score (nSPS) is 4.79. The second-order valence-corrected chi connectivity index (χ2v) is 2.24. The fourth-order valence-corrected chi connectivity index (χ4v) is 0.680. The van der Waals surface area contributed by atoms with Gasteiger partial charge in [0.2, 0.25) is 0 Å². The Morgan fingerprint density at radius 2 is 1.43 bits per heavy atom. The van der Waals surface area contributed by atoms with Gasteiger partial charge in [-0.05, 0) is 17.7 Å². The summed E-state index contributed by atoms with van der Waals surface area (Å²) in [5.74, 6) is 0.